The first-order valence-corrected chi connectivity index (χ1v) is 4.62. The average molecular weight is 196 g/mol. The number of rotatable bonds is 2. The molecule has 2 rings (SSSR count). The fourth-order valence-electron chi connectivity index (χ4n) is 1.82. The quantitative estimate of drug-likeness (QED) is 0.715. The highest BCUT2D eigenvalue weighted by Crippen LogP contribution is 2.24. The molecule has 0 fully saturated rings. The molecule has 0 saturated carbocycles. The van der Waals surface area contributed by atoms with E-state index in [2.05, 4.69) is 4.98 Å². The molecule has 0 saturated heterocycles. The van der Waals surface area contributed by atoms with E-state index in [9.17, 15) is 9.90 Å². The molecular formula is C9H12N2O3. The van der Waals surface area contributed by atoms with E-state index in [4.69, 9.17) is 5.11 Å². The van der Waals surface area contributed by atoms with Gasteiger partial charge in [0, 0.05) is 18.4 Å². The molecule has 0 amide bonds. The van der Waals surface area contributed by atoms with Crippen molar-refractivity contribution in [1.82, 2.24) is 9.55 Å². The molecule has 76 valence electrons. The molecule has 5 heteroatoms. The summed E-state index contributed by atoms with van der Waals surface area (Å²) in [5.41, 5.74) is 0.672. The number of hydrogen-bond acceptors (Lipinski definition) is 3. The minimum atomic E-state index is -0.868. The predicted molar refractivity (Wildman–Crippen MR) is 47.8 cm³/mol. The van der Waals surface area contributed by atoms with E-state index in [1.807, 2.05) is 4.57 Å². The Hall–Kier alpha value is -1.36. The van der Waals surface area contributed by atoms with Crippen LogP contribution in [-0.4, -0.2) is 25.7 Å². The second kappa shape index (κ2) is 3.42. The van der Waals surface area contributed by atoms with Gasteiger partial charge in [0.15, 0.2) is 0 Å². The number of aromatic nitrogens is 2. The van der Waals surface area contributed by atoms with E-state index in [1.165, 1.54) is 6.20 Å². The number of hydrogen-bond donors (Lipinski definition) is 2. The van der Waals surface area contributed by atoms with Gasteiger partial charge in [0.2, 0.25) is 0 Å². The molecule has 1 unspecified atom stereocenters. The Kier molecular flexibility index (Phi) is 2.25. The van der Waals surface area contributed by atoms with Crippen molar-refractivity contribution in [3.63, 3.8) is 0 Å². The van der Waals surface area contributed by atoms with Crippen LogP contribution in [0.5, 0.6) is 0 Å². The summed E-state index contributed by atoms with van der Waals surface area (Å²) in [5.74, 6) is -0.264. The molecular weight excluding hydrogens is 184 g/mol. The van der Waals surface area contributed by atoms with Gasteiger partial charge in [-0.1, -0.05) is 0 Å². The fourth-order valence-corrected chi connectivity index (χ4v) is 1.82. The Morgan fingerprint density at radius 3 is 3.21 bits per heavy atom. The number of aliphatic carboxylic acids is 1. The molecule has 0 spiro atoms. The summed E-state index contributed by atoms with van der Waals surface area (Å²) >= 11 is 0. The highest BCUT2D eigenvalue weighted by atomic mass is 16.4. The van der Waals surface area contributed by atoms with Crippen LogP contribution in [0, 0.1) is 0 Å². The molecule has 0 aliphatic carbocycles. The minimum absolute atomic E-state index is 0.0281. The summed E-state index contributed by atoms with van der Waals surface area (Å²) < 4.78 is 1.81. The van der Waals surface area contributed by atoms with Crippen LogP contribution in [0.2, 0.25) is 0 Å². The third-order valence-electron chi connectivity index (χ3n) is 2.46. The average Bonchev–Trinajstić information content (AvgIpc) is 2.49. The van der Waals surface area contributed by atoms with Gasteiger partial charge in [-0.3, -0.25) is 4.79 Å². The standard InChI is InChI=1S/C9H12N2O3/c12-7-2-1-3-11-6(4-8(13)14)5-10-9(7)11/h5,7,12H,1-4H2,(H,13,14). The number of nitrogens with zero attached hydrogens (tertiary/aromatic N) is 2. The molecule has 0 radical (unpaired) electrons. The highest BCUT2D eigenvalue weighted by molar-refractivity contribution is 5.69. The van der Waals surface area contributed by atoms with Crippen molar-refractivity contribution in [2.75, 3.05) is 0 Å². The molecule has 14 heavy (non-hydrogen) atoms. The van der Waals surface area contributed by atoms with Gasteiger partial charge in [0.1, 0.15) is 11.9 Å². The maximum atomic E-state index is 10.5. The Labute approximate surface area is 81.0 Å². The zero-order valence-corrected chi connectivity index (χ0v) is 7.68. The predicted octanol–water partition coefficient (Wildman–Crippen LogP) is 0.337. The molecule has 5 nitrogen and oxygen atoms in total. The number of carbonyl (C=O) groups is 1. The van der Waals surface area contributed by atoms with Crippen molar-refractivity contribution in [1.29, 1.82) is 0 Å². The molecule has 0 bridgehead atoms. The van der Waals surface area contributed by atoms with E-state index in [1.54, 1.807) is 0 Å². The van der Waals surface area contributed by atoms with Crippen LogP contribution >= 0.6 is 0 Å². The monoisotopic (exact) mass is 196 g/mol. The molecule has 1 aliphatic rings. The van der Waals surface area contributed by atoms with E-state index >= 15 is 0 Å². The smallest absolute Gasteiger partial charge is 0.309 e. The van der Waals surface area contributed by atoms with Crippen molar-refractivity contribution in [3.8, 4) is 0 Å². The summed E-state index contributed by atoms with van der Waals surface area (Å²) in [6.07, 6.45) is 2.56. The zero-order valence-electron chi connectivity index (χ0n) is 7.68. The van der Waals surface area contributed by atoms with E-state index < -0.39 is 12.1 Å². The lowest BCUT2D eigenvalue weighted by molar-refractivity contribution is -0.136. The zero-order chi connectivity index (χ0) is 10.1. The number of imidazole rings is 1. The Morgan fingerprint density at radius 2 is 2.50 bits per heavy atom. The molecule has 1 aromatic heterocycles. The van der Waals surface area contributed by atoms with Gasteiger partial charge in [0.05, 0.1) is 6.42 Å². The van der Waals surface area contributed by atoms with Gasteiger partial charge in [-0.2, -0.15) is 0 Å². The second-order valence-corrected chi connectivity index (χ2v) is 3.49. The third-order valence-corrected chi connectivity index (χ3v) is 2.46. The summed E-state index contributed by atoms with van der Waals surface area (Å²) in [6.45, 7) is 0.759. The topological polar surface area (TPSA) is 75.3 Å². The van der Waals surface area contributed by atoms with Crippen molar-refractivity contribution in [3.05, 3.63) is 17.7 Å². The number of aliphatic hydroxyl groups is 1. The first-order chi connectivity index (χ1) is 6.68. The van der Waals surface area contributed by atoms with E-state index in [0.29, 0.717) is 17.9 Å². The Bertz CT molecular complexity index is 359. The minimum Gasteiger partial charge on any atom is -0.481 e. The molecule has 2 N–H and O–H groups in total. The summed E-state index contributed by atoms with van der Waals surface area (Å²) in [4.78, 5) is 14.6. The molecule has 0 aromatic carbocycles. The highest BCUT2D eigenvalue weighted by Gasteiger charge is 2.22. The van der Waals surface area contributed by atoms with Crippen LogP contribution < -0.4 is 0 Å². The van der Waals surface area contributed by atoms with Crippen LogP contribution in [0.1, 0.15) is 30.5 Å². The van der Waals surface area contributed by atoms with Crippen molar-refractivity contribution >= 4 is 5.97 Å². The maximum Gasteiger partial charge on any atom is 0.309 e. The third kappa shape index (κ3) is 1.50. The largest absolute Gasteiger partial charge is 0.481 e. The number of fused-ring (bicyclic) bond motifs is 1. The normalized spacial score (nSPS) is 20.5. The lowest BCUT2D eigenvalue weighted by Crippen LogP contribution is -2.18. The van der Waals surface area contributed by atoms with Crippen LogP contribution in [0.15, 0.2) is 6.20 Å². The van der Waals surface area contributed by atoms with E-state index in [-0.39, 0.29) is 6.42 Å². The van der Waals surface area contributed by atoms with Gasteiger partial charge in [-0.25, -0.2) is 4.98 Å². The van der Waals surface area contributed by atoms with Gasteiger partial charge >= 0.3 is 5.97 Å². The van der Waals surface area contributed by atoms with E-state index in [0.717, 1.165) is 13.0 Å². The number of carboxylic acids is 1. The van der Waals surface area contributed by atoms with Crippen molar-refractivity contribution in [2.24, 2.45) is 0 Å². The lowest BCUT2D eigenvalue weighted by atomic mass is 10.1. The van der Waals surface area contributed by atoms with Crippen LogP contribution in [-0.2, 0) is 17.8 Å². The molecule has 1 aliphatic heterocycles. The Balaban J connectivity index is 2.31. The number of carboxylic acid groups (broad SMARTS) is 1. The first-order valence-electron chi connectivity index (χ1n) is 4.62. The lowest BCUT2D eigenvalue weighted by Gasteiger charge is -2.20. The number of aliphatic hydroxyl groups excluding tert-OH is 1. The molecule has 1 aromatic rings. The fraction of sp³-hybridized carbons (Fsp3) is 0.556. The van der Waals surface area contributed by atoms with Gasteiger partial charge in [-0.15, -0.1) is 0 Å². The van der Waals surface area contributed by atoms with Crippen molar-refractivity contribution in [2.45, 2.75) is 31.9 Å². The molecule has 1 atom stereocenters. The van der Waals surface area contributed by atoms with Gasteiger partial charge in [0.25, 0.3) is 0 Å². The first kappa shape index (κ1) is 9.21. The summed E-state index contributed by atoms with van der Waals surface area (Å²) in [6, 6.07) is 0. The SMILES string of the molecule is O=C(O)Cc1cnc2n1CCCC2O. The second-order valence-electron chi connectivity index (χ2n) is 3.49. The van der Waals surface area contributed by atoms with Crippen LogP contribution in [0.3, 0.4) is 0 Å². The van der Waals surface area contributed by atoms with Gasteiger partial charge in [-0.05, 0) is 12.8 Å². The summed E-state index contributed by atoms with van der Waals surface area (Å²) in [5, 5.41) is 18.2. The maximum absolute atomic E-state index is 10.5. The Morgan fingerprint density at radius 1 is 1.71 bits per heavy atom. The van der Waals surface area contributed by atoms with Crippen molar-refractivity contribution < 1.29 is 15.0 Å². The van der Waals surface area contributed by atoms with Gasteiger partial charge < -0.3 is 14.8 Å². The van der Waals surface area contributed by atoms with Crippen LogP contribution in [0.4, 0.5) is 0 Å². The summed E-state index contributed by atoms with van der Waals surface area (Å²) in [7, 11) is 0. The molecule has 2 heterocycles. The van der Waals surface area contributed by atoms with Crippen LogP contribution in [0.25, 0.3) is 0 Å².